The molecule has 108 valence electrons. The average molecular weight is 256 g/mol. The van der Waals surface area contributed by atoms with Gasteiger partial charge < -0.3 is 15.3 Å². The topological polar surface area (TPSA) is 35.5 Å². The summed E-state index contributed by atoms with van der Waals surface area (Å²) in [5.74, 6) is 0.978. The summed E-state index contributed by atoms with van der Waals surface area (Å²) in [6.07, 6.45) is 7.75. The first kappa shape index (κ1) is 15.9. The van der Waals surface area contributed by atoms with E-state index in [0.717, 1.165) is 12.3 Å². The van der Waals surface area contributed by atoms with E-state index in [1.807, 2.05) is 7.05 Å². The number of hydrogen-bond donors (Lipinski definition) is 2. The summed E-state index contributed by atoms with van der Waals surface area (Å²) in [7, 11) is 1.94. The van der Waals surface area contributed by atoms with E-state index in [2.05, 4.69) is 24.1 Å². The van der Waals surface area contributed by atoms with E-state index in [1.54, 1.807) is 0 Å². The lowest BCUT2D eigenvalue weighted by molar-refractivity contribution is 0.148. The Kier molecular flexibility index (Phi) is 7.20. The van der Waals surface area contributed by atoms with Crippen LogP contribution in [0.4, 0.5) is 0 Å². The fourth-order valence-corrected chi connectivity index (χ4v) is 2.88. The minimum absolute atomic E-state index is 0.0967. The lowest BCUT2D eigenvalue weighted by Crippen LogP contribution is -2.44. The van der Waals surface area contributed by atoms with Crippen LogP contribution in [-0.2, 0) is 0 Å². The first-order valence-electron chi connectivity index (χ1n) is 7.65. The molecule has 0 amide bonds. The molecule has 3 heteroatoms. The van der Waals surface area contributed by atoms with Crippen LogP contribution >= 0.6 is 0 Å². The number of likely N-dealkylation sites (tertiary alicyclic amines) is 1. The summed E-state index contributed by atoms with van der Waals surface area (Å²) in [5.41, 5.74) is -0.0967. The second kappa shape index (κ2) is 8.13. The number of nitrogens with zero attached hydrogens (tertiary/aromatic N) is 1. The number of nitrogens with one attached hydrogen (secondary N) is 1. The maximum Gasteiger partial charge on any atom is 0.0610 e. The summed E-state index contributed by atoms with van der Waals surface area (Å²) >= 11 is 0. The quantitative estimate of drug-likeness (QED) is 0.699. The highest BCUT2D eigenvalue weighted by atomic mass is 16.3. The highest BCUT2D eigenvalue weighted by molar-refractivity contribution is 4.81. The SMILES string of the molecule is CCCC1CCN(CCCC(C)(CO)NC)CC1. The molecule has 1 fully saturated rings. The lowest BCUT2D eigenvalue weighted by atomic mass is 9.92. The van der Waals surface area contributed by atoms with Crippen LogP contribution in [0.1, 0.15) is 52.4 Å². The van der Waals surface area contributed by atoms with Crippen molar-refractivity contribution < 1.29 is 5.11 Å². The van der Waals surface area contributed by atoms with E-state index in [1.165, 1.54) is 51.7 Å². The van der Waals surface area contributed by atoms with Crippen molar-refractivity contribution in [2.24, 2.45) is 5.92 Å². The minimum Gasteiger partial charge on any atom is -0.394 e. The molecule has 0 aromatic rings. The maximum atomic E-state index is 9.34. The molecule has 3 nitrogen and oxygen atoms in total. The number of rotatable bonds is 8. The molecule has 1 unspecified atom stereocenters. The molecule has 0 aliphatic carbocycles. The molecular formula is C15H32N2O. The Morgan fingerprint density at radius 3 is 2.50 bits per heavy atom. The average Bonchev–Trinajstić information content (AvgIpc) is 2.41. The van der Waals surface area contributed by atoms with Gasteiger partial charge in [0.05, 0.1) is 6.61 Å². The van der Waals surface area contributed by atoms with Gasteiger partial charge in [0.1, 0.15) is 0 Å². The largest absolute Gasteiger partial charge is 0.394 e. The van der Waals surface area contributed by atoms with Gasteiger partial charge in [0.15, 0.2) is 0 Å². The summed E-state index contributed by atoms with van der Waals surface area (Å²) < 4.78 is 0. The molecular weight excluding hydrogens is 224 g/mol. The molecule has 0 radical (unpaired) electrons. The van der Waals surface area contributed by atoms with Crippen molar-refractivity contribution in [1.29, 1.82) is 0 Å². The van der Waals surface area contributed by atoms with Crippen LogP contribution in [0.5, 0.6) is 0 Å². The summed E-state index contributed by atoms with van der Waals surface area (Å²) in [6.45, 7) is 8.36. The Balaban J connectivity index is 2.14. The van der Waals surface area contributed by atoms with Crippen molar-refractivity contribution in [2.75, 3.05) is 33.3 Å². The molecule has 0 aromatic carbocycles. The molecule has 0 saturated carbocycles. The zero-order valence-electron chi connectivity index (χ0n) is 12.5. The molecule has 1 atom stereocenters. The molecule has 1 saturated heterocycles. The molecule has 1 heterocycles. The van der Waals surface area contributed by atoms with Gasteiger partial charge in [0.25, 0.3) is 0 Å². The normalized spacial score (nSPS) is 22.0. The van der Waals surface area contributed by atoms with Crippen molar-refractivity contribution in [3.8, 4) is 0 Å². The zero-order chi connectivity index (χ0) is 13.4. The number of hydrogen-bond acceptors (Lipinski definition) is 3. The monoisotopic (exact) mass is 256 g/mol. The van der Waals surface area contributed by atoms with Crippen molar-refractivity contribution in [2.45, 2.75) is 57.9 Å². The van der Waals surface area contributed by atoms with Gasteiger partial charge in [-0.05, 0) is 65.2 Å². The summed E-state index contributed by atoms with van der Waals surface area (Å²) in [4.78, 5) is 2.60. The van der Waals surface area contributed by atoms with Gasteiger partial charge in [0.2, 0.25) is 0 Å². The molecule has 1 rings (SSSR count). The minimum atomic E-state index is -0.0967. The van der Waals surface area contributed by atoms with E-state index in [9.17, 15) is 5.11 Å². The molecule has 1 aliphatic rings. The Labute approximate surface area is 113 Å². The molecule has 1 aliphatic heterocycles. The highest BCUT2D eigenvalue weighted by Crippen LogP contribution is 2.22. The van der Waals surface area contributed by atoms with Gasteiger partial charge >= 0.3 is 0 Å². The lowest BCUT2D eigenvalue weighted by Gasteiger charge is -2.33. The van der Waals surface area contributed by atoms with Crippen LogP contribution in [0.3, 0.4) is 0 Å². The van der Waals surface area contributed by atoms with E-state index < -0.39 is 0 Å². The van der Waals surface area contributed by atoms with Crippen LogP contribution in [0, 0.1) is 5.92 Å². The first-order valence-corrected chi connectivity index (χ1v) is 7.65. The molecule has 0 bridgehead atoms. The van der Waals surface area contributed by atoms with Crippen LogP contribution in [0.25, 0.3) is 0 Å². The Morgan fingerprint density at radius 1 is 1.33 bits per heavy atom. The van der Waals surface area contributed by atoms with Crippen molar-refractivity contribution in [1.82, 2.24) is 10.2 Å². The van der Waals surface area contributed by atoms with Crippen LogP contribution in [0.15, 0.2) is 0 Å². The summed E-state index contributed by atoms with van der Waals surface area (Å²) in [5, 5.41) is 12.6. The smallest absolute Gasteiger partial charge is 0.0610 e. The van der Waals surface area contributed by atoms with Gasteiger partial charge in [-0.2, -0.15) is 0 Å². The fraction of sp³-hybridized carbons (Fsp3) is 1.00. The third-order valence-electron chi connectivity index (χ3n) is 4.56. The molecule has 0 aromatic heterocycles. The third-order valence-corrected chi connectivity index (χ3v) is 4.56. The third kappa shape index (κ3) is 5.25. The molecule has 2 N–H and O–H groups in total. The Morgan fingerprint density at radius 2 is 2.00 bits per heavy atom. The van der Waals surface area contributed by atoms with Gasteiger partial charge in [-0.1, -0.05) is 19.8 Å². The number of piperidine rings is 1. The number of likely N-dealkylation sites (N-methyl/N-ethyl adjacent to an activating group) is 1. The molecule has 18 heavy (non-hydrogen) atoms. The molecule has 0 spiro atoms. The van der Waals surface area contributed by atoms with E-state index in [-0.39, 0.29) is 12.1 Å². The predicted octanol–water partition coefficient (Wildman–Crippen LogP) is 2.25. The second-order valence-electron chi connectivity index (χ2n) is 6.15. The van der Waals surface area contributed by atoms with E-state index in [0.29, 0.717) is 0 Å². The van der Waals surface area contributed by atoms with E-state index in [4.69, 9.17) is 0 Å². The van der Waals surface area contributed by atoms with Crippen LogP contribution < -0.4 is 5.32 Å². The Hall–Kier alpha value is -0.120. The van der Waals surface area contributed by atoms with Crippen molar-refractivity contribution in [3.63, 3.8) is 0 Å². The Bertz CT molecular complexity index is 209. The predicted molar refractivity (Wildman–Crippen MR) is 77.9 cm³/mol. The zero-order valence-corrected chi connectivity index (χ0v) is 12.5. The first-order chi connectivity index (χ1) is 8.63. The van der Waals surface area contributed by atoms with Gasteiger partial charge in [-0.3, -0.25) is 0 Å². The maximum absolute atomic E-state index is 9.34. The van der Waals surface area contributed by atoms with Crippen LogP contribution in [-0.4, -0.2) is 48.8 Å². The van der Waals surface area contributed by atoms with Gasteiger partial charge in [0, 0.05) is 5.54 Å². The van der Waals surface area contributed by atoms with Gasteiger partial charge in [-0.25, -0.2) is 0 Å². The standard InChI is InChI=1S/C15H32N2O/c1-4-6-14-7-11-17(12-8-14)10-5-9-15(2,13-18)16-3/h14,16,18H,4-13H2,1-3H3. The second-order valence-corrected chi connectivity index (χ2v) is 6.15. The van der Waals surface area contributed by atoms with Crippen LogP contribution in [0.2, 0.25) is 0 Å². The highest BCUT2D eigenvalue weighted by Gasteiger charge is 2.22. The van der Waals surface area contributed by atoms with Crippen molar-refractivity contribution in [3.05, 3.63) is 0 Å². The van der Waals surface area contributed by atoms with E-state index >= 15 is 0 Å². The van der Waals surface area contributed by atoms with Gasteiger partial charge in [-0.15, -0.1) is 0 Å². The fourth-order valence-electron chi connectivity index (χ4n) is 2.88. The number of aliphatic hydroxyl groups is 1. The summed E-state index contributed by atoms with van der Waals surface area (Å²) in [6, 6.07) is 0. The number of aliphatic hydroxyl groups excluding tert-OH is 1. The van der Waals surface area contributed by atoms with Crippen molar-refractivity contribution >= 4 is 0 Å².